The van der Waals surface area contributed by atoms with Crippen molar-refractivity contribution in [2.75, 3.05) is 5.88 Å². The molecule has 3 rings (SSSR count). The van der Waals surface area contributed by atoms with Gasteiger partial charge >= 0.3 is 0 Å². The minimum atomic E-state index is 0.618. The molecule has 2 aromatic heterocycles. The Kier molecular flexibility index (Phi) is 3.02. The van der Waals surface area contributed by atoms with E-state index >= 15 is 0 Å². The number of aryl methyl sites for hydroxylation is 2. The second-order valence-electron chi connectivity index (χ2n) is 4.70. The number of hydrogen-bond donors (Lipinski definition) is 0. The highest BCUT2D eigenvalue weighted by Gasteiger charge is 2.22. The van der Waals surface area contributed by atoms with Crippen LogP contribution >= 0.6 is 11.6 Å². The van der Waals surface area contributed by atoms with Gasteiger partial charge in [-0.1, -0.05) is 12.8 Å². The maximum Gasteiger partial charge on any atom is 0.159 e. The Balaban J connectivity index is 1.94. The molecule has 0 spiro atoms. The van der Waals surface area contributed by atoms with E-state index in [0.717, 1.165) is 35.9 Å². The fourth-order valence-electron chi connectivity index (χ4n) is 2.23. The topological polar surface area (TPSA) is 30.7 Å². The van der Waals surface area contributed by atoms with Gasteiger partial charge in [0.15, 0.2) is 5.65 Å². The van der Waals surface area contributed by atoms with Gasteiger partial charge in [0.25, 0.3) is 0 Å². The third-order valence-electron chi connectivity index (χ3n) is 3.36. The molecule has 3 nitrogen and oxygen atoms in total. The SMILES string of the molecule is ClCCc1nc2cccnc2n1CCC1CC1. The minimum absolute atomic E-state index is 0.618. The smallest absolute Gasteiger partial charge is 0.159 e. The first-order valence-corrected chi connectivity index (χ1v) is 6.78. The van der Waals surface area contributed by atoms with Crippen molar-refractivity contribution < 1.29 is 0 Å². The van der Waals surface area contributed by atoms with Crippen molar-refractivity contribution in [1.29, 1.82) is 0 Å². The summed E-state index contributed by atoms with van der Waals surface area (Å²) in [6, 6.07) is 3.96. The Morgan fingerprint density at radius 1 is 1.41 bits per heavy atom. The molecular weight excluding hydrogens is 234 g/mol. The van der Waals surface area contributed by atoms with Crippen molar-refractivity contribution in [2.45, 2.75) is 32.2 Å². The molecule has 0 unspecified atom stereocenters. The first-order chi connectivity index (χ1) is 8.38. The van der Waals surface area contributed by atoms with E-state index in [1.807, 2.05) is 18.3 Å². The van der Waals surface area contributed by atoms with Crippen LogP contribution in [0.15, 0.2) is 18.3 Å². The Hall–Kier alpha value is -1.09. The number of pyridine rings is 1. The Morgan fingerprint density at radius 2 is 2.29 bits per heavy atom. The monoisotopic (exact) mass is 249 g/mol. The average Bonchev–Trinajstić information content (AvgIpc) is 3.10. The van der Waals surface area contributed by atoms with Gasteiger partial charge in [-0.15, -0.1) is 11.6 Å². The summed E-state index contributed by atoms with van der Waals surface area (Å²) in [5.41, 5.74) is 2.00. The van der Waals surface area contributed by atoms with Gasteiger partial charge in [-0.3, -0.25) is 0 Å². The molecule has 17 heavy (non-hydrogen) atoms. The molecule has 0 amide bonds. The van der Waals surface area contributed by atoms with Crippen LogP contribution in [0.5, 0.6) is 0 Å². The van der Waals surface area contributed by atoms with Crippen molar-refractivity contribution in [1.82, 2.24) is 14.5 Å². The van der Waals surface area contributed by atoms with Crippen LogP contribution in [-0.2, 0) is 13.0 Å². The molecule has 4 heteroatoms. The highest BCUT2D eigenvalue weighted by Crippen LogP contribution is 2.33. The summed E-state index contributed by atoms with van der Waals surface area (Å²) in [5.74, 6) is 2.63. The molecule has 1 aliphatic rings. The third-order valence-corrected chi connectivity index (χ3v) is 3.55. The molecule has 1 saturated carbocycles. The summed E-state index contributed by atoms with van der Waals surface area (Å²) in [4.78, 5) is 9.06. The number of rotatable bonds is 5. The predicted molar refractivity (Wildman–Crippen MR) is 69.3 cm³/mol. The van der Waals surface area contributed by atoms with Crippen molar-refractivity contribution in [3.8, 4) is 0 Å². The van der Waals surface area contributed by atoms with Crippen LogP contribution < -0.4 is 0 Å². The van der Waals surface area contributed by atoms with Gasteiger partial charge < -0.3 is 4.57 Å². The minimum Gasteiger partial charge on any atom is -0.313 e. The molecule has 1 aliphatic carbocycles. The third kappa shape index (κ3) is 2.29. The second kappa shape index (κ2) is 4.65. The maximum absolute atomic E-state index is 5.84. The lowest BCUT2D eigenvalue weighted by atomic mass is 10.3. The molecule has 2 aromatic rings. The van der Waals surface area contributed by atoms with E-state index in [0.29, 0.717) is 5.88 Å². The Bertz CT molecular complexity index is 516. The zero-order valence-electron chi connectivity index (χ0n) is 9.77. The molecular formula is C13H16ClN3. The lowest BCUT2D eigenvalue weighted by molar-refractivity contribution is 0.585. The van der Waals surface area contributed by atoms with Gasteiger partial charge in [0.05, 0.1) is 0 Å². The van der Waals surface area contributed by atoms with Crippen LogP contribution in [-0.4, -0.2) is 20.4 Å². The van der Waals surface area contributed by atoms with Crippen LogP contribution in [0.2, 0.25) is 0 Å². The van der Waals surface area contributed by atoms with Gasteiger partial charge in [-0.05, 0) is 24.5 Å². The summed E-state index contributed by atoms with van der Waals surface area (Å²) in [6.45, 7) is 1.03. The molecule has 90 valence electrons. The lowest BCUT2D eigenvalue weighted by Crippen LogP contribution is -2.06. The number of halogens is 1. The zero-order valence-corrected chi connectivity index (χ0v) is 10.5. The van der Waals surface area contributed by atoms with Crippen LogP contribution in [0.25, 0.3) is 11.2 Å². The standard InChI is InChI=1S/C13H16ClN3/c14-7-5-12-16-11-2-1-8-15-13(11)17(12)9-6-10-3-4-10/h1-2,8,10H,3-7,9H2. The lowest BCUT2D eigenvalue weighted by Gasteiger charge is -2.06. The summed E-state index contributed by atoms with van der Waals surface area (Å²) in [6.07, 6.45) is 6.69. The molecule has 0 aromatic carbocycles. The fraction of sp³-hybridized carbons (Fsp3) is 0.538. The van der Waals surface area contributed by atoms with Gasteiger partial charge in [0, 0.05) is 25.0 Å². The number of alkyl halides is 1. The summed E-state index contributed by atoms with van der Waals surface area (Å²) in [7, 11) is 0. The van der Waals surface area contributed by atoms with Crippen molar-refractivity contribution in [3.05, 3.63) is 24.2 Å². The van der Waals surface area contributed by atoms with E-state index in [9.17, 15) is 0 Å². The molecule has 0 N–H and O–H groups in total. The van der Waals surface area contributed by atoms with Crippen molar-refractivity contribution in [3.63, 3.8) is 0 Å². The summed E-state index contributed by atoms with van der Waals surface area (Å²) >= 11 is 5.84. The molecule has 0 atom stereocenters. The summed E-state index contributed by atoms with van der Waals surface area (Å²) < 4.78 is 2.25. The quantitative estimate of drug-likeness (QED) is 0.763. The van der Waals surface area contributed by atoms with Crippen LogP contribution in [0.4, 0.5) is 0 Å². The molecule has 0 bridgehead atoms. The normalized spacial score (nSPS) is 15.6. The van der Waals surface area contributed by atoms with E-state index in [-0.39, 0.29) is 0 Å². The fourth-order valence-corrected chi connectivity index (χ4v) is 2.40. The Morgan fingerprint density at radius 3 is 3.06 bits per heavy atom. The van der Waals surface area contributed by atoms with Crippen LogP contribution in [0, 0.1) is 5.92 Å². The van der Waals surface area contributed by atoms with Crippen molar-refractivity contribution >= 4 is 22.8 Å². The molecule has 0 saturated heterocycles. The van der Waals surface area contributed by atoms with Gasteiger partial charge in [-0.25, -0.2) is 9.97 Å². The number of nitrogens with zero attached hydrogens (tertiary/aromatic N) is 3. The second-order valence-corrected chi connectivity index (χ2v) is 5.07. The van der Waals surface area contributed by atoms with Crippen molar-refractivity contribution in [2.24, 2.45) is 5.92 Å². The van der Waals surface area contributed by atoms with E-state index in [1.165, 1.54) is 19.3 Å². The van der Waals surface area contributed by atoms with Crippen LogP contribution in [0.1, 0.15) is 25.1 Å². The molecule has 1 fully saturated rings. The zero-order chi connectivity index (χ0) is 11.7. The average molecular weight is 250 g/mol. The van der Waals surface area contributed by atoms with E-state index in [4.69, 9.17) is 11.6 Å². The molecule has 0 radical (unpaired) electrons. The number of aromatic nitrogens is 3. The highest BCUT2D eigenvalue weighted by molar-refractivity contribution is 6.17. The number of hydrogen-bond acceptors (Lipinski definition) is 2. The van der Waals surface area contributed by atoms with E-state index in [2.05, 4.69) is 14.5 Å². The number of imidazole rings is 1. The van der Waals surface area contributed by atoms with Crippen LogP contribution in [0.3, 0.4) is 0 Å². The van der Waals surface area contributed by atoms with E-state index < -0.39 is 0 Å². The van der Waals surface area contributed by atoms with Gasteiger partial charge in [0.1, 0.15) is 11.3 Å². The first kappa shape index (κ1) is 11.0. The maximum atomic E-state index is 5.84. The molecule has 2 heterocycles. The molecule has 0 aliphatic heterocycles. The summed E-state index contributed by atoms with van der Waals surface area (Å²) in [5, 5.41) is 0. The predicted octanol–water partition coefficient (Wildman–Crippen LogP) is 3.01. The van der Waals surface area contributed by atoms with Gasteiger partial charge in [-0.2, -0.15) is 0 Å². The largest absolute Gasteiger partial charge is 0.313 e. The van der Waals surface area contributed by atoms with Gasteiger partial charge in [0.2, 0.25) is 0 Å². The highest BCUT2D eigenvalue weighted by atomic mass is 35.5. The number of fused-ring (bicyclic) bond motifs is 1. The first-order valence-electron chi connectivity index (χ1n) is 6.24. The Labute approximate surface area is 106 Å². The van der Waals surface area contributed by atoms with E-state index in [1.54, 1.807) is 0 Å².